The van der Waals surface area contributed by atoms with Gasteiger partial charge in [0.25, 0.3) is 0 Å². The SMILES string of the molecule is CC(=O)N1CCC(C(=O)Nc2cc3n(n2)CCN3c2cccc(Cl)c2)CC1. The van der Waals surface area contributed by atoms with Gasteiger partial charge in [0, 0.05) is 49.3 Å². The van der Waals surface area contributed by atoms with Gasteiger partial charge in [-0.2, -0.15) is 5.10 Å². The van der Waals surface area contributed by atoms with E-state index in [1.807, 2.05) is 35.0 Å². The molecule has 1 aromatic carbocycles. The van der Waals surface area contributed by atoms with Gasteiger partial charge in [-0.05, 0) is 31.0 Å². The average Bonchev–Trinajstić information content (AvgIpc) is 3.21. The number of amides is 2. The number of aromatic nitrogens is 2. The number of rotatable bonds is 3. The van der Waals surface area contributed by atoms with E-state index in [0.29, 0.717) is 36.8 Å². The third-order valence-corrected chi connectivity index (χ3v) is 5.49. The van der Waals surface area contributed by atoms with Crippen molar-refractivity contribution in [2.45, 2.75) is 26.3 Å². The lowest BCUT2D eigenvalue weighted by Crippen LogP contribution is -2.40. The van der Waals surface area contributed by atoms with Crippen molar-refractivity contribution in [1.29, 1.82) is 0 Å². The van der Waals surface area contributed by atoms with Crippen LogP contribution in [0.5, 0.6) is 0 Å². The van der Waals surface area contributed by atoms with E-state index >= 15 is 0 Å². The molecule has 8 heteroatoms. The quantitative estimate of drug-likeness (QED) is 0.879. The Bertz CT molecular complexity index is 873. The smallest absolute Gasteiger partial charge is 0.228 e. The summed E-state index contributed by atoms with van der Waals surface area (Å²) in [5, 5.41) is 8.14. The number of benzene rings is 1. The minimum Gasteiger partial charge on any atom is -0.343 e. The van der Waals surface area contributed by atoms with E-state index in [1.54, 1.807) is 11.8 Å². The molecule has 7 nitrogen and oxygen atoms in total. The molecular formula is C19H22ClN5O2. The first-order valence-corrected chi connectivity index (χ1v) is 9.56. The van der Waals surface area contributed by atoms with E-state index in [-0.39, 0.29) is 17.7 Å². The monoisotopic (exact) mass is 387 g/mol. The van der Waals surface area contributed by atoms with Crippen molar-refractivity contribution in [3.05, 3.63) is 35.4 Å². The van der Waals surface area contributed by atoms with E-state index in [4.69, 9.17) is 11.6 Å². The topological polar surface area (TPSA) is 70.5 Å². The summed E-state index contributed by atoms with van der Waals surface area (Å²) in [7, 11) is 0. The lowest BCUT2D eigenvalue weighted by molar-refractivity contribution is -0.132. The van der Waals surface area contributed by atoms with E-state index in [0.717, 1.165) is 24.6 Å². The molecule has 0 unspecified atom stereocenters. The predicted molar refractivity (Wildman–Crippen MR) is 104 cm³/mol. The van der Waals surface area contributed by atoms with Crippen LogP contribution < -0.4 is 10.2 Å². The van der Waals surface area contributed by atoms with Crippen molar-refractivity contribution in [3.8, 4) is 0 Å². The zero-order valence-electron chi connectivity index (χ0n) is 15.2. The third kappa shape index (κ3) is 3.64. The Balaban J connectivity index is 1.43. The highest BCUT2D eigenvalue weighted by molar-refractivity contribution is 6.30. The molecule has 0 bridgehead atoms. The molecule has 2 amide bonds. The third-order valence-electron chi connectivity index (χ3n) is 5.25. The summed E-state index contributed by atoms with van der Waals surface area (Å²) in [6.07, 6.45) is 1.38. The molecule has 0 radical (unpaired) electrons. The summed E-state index contributed by atoms with van der Waals surface area (Å²) in [5.41, 5.74) is 1.01. The first-order chi connectivity index (χ1) is 13.0. The fourth-order valence-electron chi connectivity index (χ4n) is 3.75. The molecule has 2 aromatic rings. The number of hydrogen-bond acceptors (Lipinski definition) is 4. The molecule has 0 aliphatic carbocycles. The maximum absolute atomic E-state index is 12.6. The Labute approximate surface area is 162 Å². The molecule has 0 spiro atoms. The second kappa shape index (κ2) is 7.23. The lowest BCUT2D eigenvalue weighted by atomic mass is 9.96. The summed E-state index contributed by atoms with van der Waals surface area (Å²) in [6, 6.07) is 9.60. The highest BCUT2D eigenvalue weighted by atomic mass is 35.5. The molecule has 3 heterocycles. The molecule has 1 N–H and O–H groups in total. The molecule has 2 aliphatic rings. The summed E-state index contributed by atoms with van der Waals surface area (Å²) >= 11 is 6.11. The molecule has 1 fully saturated rings. The van der Waals surface area contributed by atoms with Crippen LogP contribution in [-0.4, -0.2) is 46.1 Å². The van der Waals surface area contributed by atoms with Crippen LogP contribution in [0.1, 0.15) is 19.8 Å². The predicted octanol–water partition coefficient (Wildman–Crippen LogP) is 2.89. The zero-order valence-corrected chi connectivity index (χ0v) is 15.9. The standard InChI is InChI=1S/C19H22ClN5O2/c1-13(26)23-7-5-14(6-8-23)19(27)21-17-12-18-24(9-10-25(18)22-17)16-4-2-3-15(20)11-16/h2-4,11-12,14H,5-10H2,1H3,(H,21,22,27). The fourth-order valence-corrected chi connectivity index (χ4v) is 3.93. The van der Waals surface area contributed by atoms with Crippen LogP contribution in [0.3, 0.4) is 0 Å². The number of likely N-dealkylation sites (tertiary alicyclic amines) is 1. The number of nitrogens with one attached hydrogen (secondary N) is 1. The van der Waals surface area contributed by atoms with Crippen molar-refractivity contribution < 1.29 is 9.59 Å². The van der Waals surface area contributed by atoms with Crippen LogP contribution in [0.4, 0.5) is 17.3 Å². The van der Waals surface area contributed by atoms with Crippen LogP contribution in [0.15, 0.2) is 30.3 Å². The van der Waals surface area contributed by atoms with E-state index in [1.165, 1.54) is 0 Å². The number of piperidine rings is 1. The Morgan fingerprint density at radius 3 is 2.63 bits per heavy atom. The van der Waals surface area contributed by atoms with Crippen molar-refractivity contribution in [3.63, 3.8) is 0 Å². The first kappa shape index (κ1) is 17.9. The summed E-state index contributed by atoms with van der Waals surface area (Å²) < 4.78 is 1.90. The van der Waals surface area contributed by atoms with Crippen molar-refractivity contribution >= 4 is 40.7 Å². The number of carbonyl (C=O) groups is 2. The first-order valence-electron chi connectivity index (χ1n) is 9.18. The minimum absolute atomic E-state index is 0.0238. The average molecular weight is 388 g/mol. The van der Waals surface area contributed by atoms with Crippen LogP contribution in [-0.2, 0) is 16.1 Å². The fraction of sp³-hybridized carbons (Fsp3) is 0.421. The zero-order chi connectivity index (χ0) is 19.0. The Morgan fingerprint density at radius 1 is 1.15 bits per heavy atom. The second-order valence-electron chi connectivity index (χ2n) is 7.01. The van der Waals surface area contributed by atoms with Gasteiger partial charge in [-0.25, -0.2) is 4.68 Å². The normalized spacial score (nSPS) is 17.1. The van der Waals surface area contributed by atoms with Gasteiger partial charge >= 0.3 is 0 Å². The molecular weight excluding hydrogens is 366 g/mol. The highest BCUT2D eigenvalue weighted by Gasteiger charge is 2.28. The van der Waals surface area contributed by atoms with Crippen LogP contribution >= 0.6 is 11.6 Å². The molecule has 27 heavy (non-hydrogen) atoms. The number of fused-ring (bicyclic) bond motifs is 1. The van der Waals surface area contributed by atoms with Gasteiger partial charge in [-0.3, -0.25) is 9.59 Å². The largest absolute Gasteiger partial charge is 0.343 e. The maximum atomic E-state index is 12.6. The number of halogens is 1. The van der Waals surface area contributed by atoms with Gasteiger partial charge in [-0.15, -0.1) is 0 Å². The molecule has 1 aromatic heterocycles. The van der Waals surface area contributed by atoms with Crippen LogP contribution in [0.25, 0.3) is 0 Å². The van der Waals surface area contributed by atoms with Gasteiger partial charge in [0.05, 0.1) is 6.54 Å². The van der Waals surface area contributed by atoms with Crippen molar-refractivity contribution in [2.24, 2.45) is 5.92 Å². The van der Waals surface area contributed by atoms with E-state index in [9.17, 15) is 9.59 Å². The van der Waals surface area contributed by atoms with Gasteiger partial charge in [0.1, 0.15) is 5.82 Å². The molecule has 1 saturated heterocycles. The number of nitrogens with zero attached hydrogens (tertiary/aromatic N) is 4. The van der Waals surface area contributed by atoms with E-state index < -0.39 is 0 Å². The Kier molecular flexibility index (Phi) is 4.78. The van der Waals surface area contributed by atoms with Gasteiger partial charge in [0.15, 0.2) is 5.82 Å². The number of hydrogen-bond donors (Lipinski definition) is 1. The molecule has 4 rings (SSSR count). The highest BCUT2D eigenvalue weighted by Crippen LogP contribution is 2.33. The van der Waals surface area contributed by atoms with Crippen LogP contribution in [0.2, 0.25) is 5.02 Å². The number of carbonyl (C=O) groups excluding carboxylic acids is 2. The molecule has 142 valence electrons. The van der Waals surface area contributed by atoms with Gasteiger partial charge < -0.3 is 15.1 Å². The summed E-state index contributed by atoms with van der Waals surface area (Å²) in [4.78, 5) is 27.9. The number of anilines is 3. The summed E-state index contributed by atoms with van der Waals surface area (Å²) in [5.74, 6) is 1.47. The van der Waals surface area contributed by atoms with Gasteiger partial charge in [-0.1, -0.05) is 17.7 Å². The molecule has 0 saturated carbocycles. The lowest BCUT2D eigenvalue weighted by Gasteiger charge is -2.30. The maximum Gasteiger partial charge on any atom is 0.228 e. The summed E-state index contributed by atoms with van der Waals surface area (Å²) in [6.45, 7) is 4.42. The van der Waals surface area contributed by atoms with Crippen LogP contribution in [0, 0.1) is 5.92 Å². The van der Waals surface area contributed by atoms with Crippen molar-refractivity contribution in [2.75, 3.05) is 29.9 Å². The van der Waals surface area contributed by atoms with Gasteiger partial charge in [0.2, 0.25) is 11.8 Å². The second-order valence-corrected chi connectivity index (χ2v) is 7.45. The molecule has 2 aliphatic heterocycles. The van der Waals surface area contributed by atoms with Crippen molar-refractivity contribution in [1.82, 2.24) is 14.7 Å². The minimum atomic E-state index is -0.0822. The van der Waals surface area contributed by atoms with E-state index in [2.05, 4.69) is 15.3 Å². The Morgan fingerprint density at radius 2 is 1.93 bits per heavy atom. The Hall–Kier alpha value is -2.54. The molecule has 0 atom stereocenters.